The van der Waals surface area contributed by atoms with Crippen LogP contribution in [0.4, 0.5) is 0 Å². The molecule has 0 aliphatic carbocycles. The first-order chi connectivity index (χ1) is 36.2. The summed E-state index contributed by atoms with van der Waals surface area (Å²) in [5.41, 5.74) is 9.14. The van der Waals surface area contributed by atoms with Crippen LogP contribution in [0.3, 0.4) is 0 Å². The predicted octanol–water partition coefficient (Wildman–Crippen LogP) is 9.64. The summed E-state index contributed by atoms with van der Waals surface area (Å²) in [6.07, 6.45) is 5.08. The van der Waals surface area contributed by atoms with Gasteiger partial charge in [0.05, 0.1) is 79.8 Å². The van der Waals surface area contributed by atoms with Gasteiger partial charge >= 0.3 is 0 Å². The molecule has 0 atom stereocenters. The normalized spacial score (nSPS) is 11.1. The number of nitrogens with zero attached hydrogens (tertiary/aromatic N) is 6. The average molecular weight is 989 g/mol. The number of aliphatic hydroxyl groups is 6. The van der Waals surface area contributed by atoms with Crippen molar-refractivity contribution in [3.63, 3.8) is 0 Å². The third kappa shape index (κ3) is 10.9. The first kappa shape index (κ1) is 50.4. The number of methoxy groups -OCH3 is 1. The maximum absolute atomic E-state index is 9.58. The summed E-state index contributed by atoms with van der Waals surface area (Å²) in [7, 11) is 1.61. The number of aromatic nitrogens is 6. The molecule has 0 bridgehead atoms. The van der Waals surface area contributed by atoms with Crippen molar-refractivity contribution in [3.8, 4) is 29.0 Å². The van der Waals surface area contributed by atoms with Crippen molar-refractivity contribution in [1.29, 1.82) is 0 Å². The Kier molecular flexibility index (Phi) is 15.9. The number of benzene rings is 8. The summed E-state index contributed by atoms with van der Waals surface area (Å²) in [5.74, 6) is 2.82. The molecule has 372 valence electrons. The van der Waals surface area contributed by atoms with Gasteiger partial charge in [-0.05, 0) is 116 Å². The molecule has 0 amide bonds. The molecule has 11 aromatic rings. The zero-order valence-corrected chi connectivity index (χ0v) is 40.6. The molecule has 0 radical (unpaired) electrons. The lowest BCUT2D eigenvalue weighted by molar-refractivity contribution is 0.260. The van der Waals surface area contributed by atoms with Gasteiger partial charge in [-0.25, -0.2) is 29.9 Å². The third-order valence-corrected chi connectivity index (χ3v) is 12.7. The van der Waals surface area contributed by atoms with E-state index >= 15 is 0 Å². The van der Waals surface area contributed by atoms with Crippen LogP contribution < -0.4 is 14.2 Å². The van der Waals surface area contributed by atoms with Gasteiger partial charge in [0.1, 0.15) is 36.2 Å². The first-order valence-electron chi connectivity index (χ1n) is 23.6. The predicted molar refractivity (Wildman–Crippen MR) is 283 cm³/mol. The van der Waals surface area contributed by atoms with Crippen LogP contribution in [0.25, 0.3) is 54.3 Å². The van der Waals surface area contributed by atoms with Crippen LogP contribution in [-0.4, -0.2) is 67.7 Å². The van der Waals surface area contributed by atoms with Crippen LogP contribution in [0.15, 0.2) is 159 Å². The molecule has 8 aromatic carbocycles. The second kappa shape index (κ2) is 23.3. The molecule has 74 heavy (non-hydrogen) atoms. The molecule has 0 spiro atoms. The lowest BCUT2D eigenvalue weighted by Gasteiger charge is -2.12. The van der Waals surface area contributed by atoms with E-state index in [0.717, 1.165) is 38.7 Å². The molecule has 15 heteroatoms. The molecule has 11 rings (SSSR count). The van der Waals surface area contributed by atoms with Crippen LogP contribution in [0, 0.1) is 6.92 Å². The Labute approximate surface area is 425 Å². The molecule has 0 saturated heterocycles. The van der Waals surface area contributed by atoms with Gasteiger partial charge < -0.3 is 44.8 Å². The molecular formula is C59H52N6O9. The lowest BCUT2D eigenvalue weighted by atomic mass is 9.97. The fourth-order valence-corrected chi connectivity index (χ4v) is 8.76. The van der Waals surface area contributed by atoms with E-state index in [1.807, 2.05) is 85.8 Å². The summed E-state index contributed by atoms with van der Waals surface area (Å²) in [6.45, 7) is 1.04. The number of rotatable bonds is 13. The van der Waals surface area contributed by atoms with E-state index in [1.165, 1.54) is 29.0 Å². The van der Waals surface area contributed by atoms with E-state index in [-0.39, 0.29) is 39.6 Å². The Balaban J connectivity index is 0.000000136. The molecule has 3 heterocycles. The Hall–Kier alpha value is -8.54. The minimum atomic E-state index is -0.182. The quantitative estimate of drug-likeness (QED) is 0.0632. The maximum atomic E-state index is 9.58. The summed E-state index contributed by atoms with van der Waals surface area (Å²) in [4.78, 5) is 25.7. The number of ether oxygens (including phenoxy) is 3. The molecule has 3 aromatic heterocycles. The summed E-state index contributed by atoms with van der Waals surface area (Å²) in [6, 6.07) is 44.6. The highest BCUT2D eigenvalue weighted by Gasteiger charge is 2.15. The molecular weight excluding hydrogens is 937 g/mol. The zero-order chi connectivity index (χ0) is 51.6. The zero-order valence-electron chi connectivity index (χ0n) is 40.6. The van der Waals surface area contributed by atoms with Crippen molar-refractivity contribution >= 4 is 54.3 Å². The van der Waals surface area contributed by atoms with Gasteiger partial charge in [-0.15, -0.1) is 0 Å². The number of hydrogen-bond donors (Lipinski definition) is 6. The monoisotopic (exact) mass is 988 g/mol. The maximum Gasteiger partial charge on any atom is 0.230 e. The van der Waals surface area contributed by atoms with Crippen LogP contribution >= 0.6 is 0 Å². The van der Waals surface area contributed by atoms with Gasteiger partial charge in [-0.3, -0.25) is 0 Å². The van der Waals surface area contributed by atoms with Crippen LogP contribution in [-0.2, 0) is 46.1 Å². The Morgan fingerprint density at radius 1 is 0.378 bits per heavy atom. The Morgan fingerprint density at radius 2 is 0.838 bits per heavy atom. The third-order valence-electron chi connectivity index (χ3n) is 12.7. The van der Waals surface area contributed by atoms with E-state index in [1.54, 1.807) is 43.8 Å². The van der Waals surface area contributed by atoms with Crippen molar-refractivity contribution < 1.29 is 44.8 Å². The van der Waals surface area contributed by atoms with Crippen LogP contribution in [0.5, 0.6) is 29.0 Å². The number of aliphatic hydroxyl groups excluding tert-OH is 6. The van der Waals surface area contributed by atoms with Crippen molar-refractivity contribution in [2.45, 2.75) is 53.0 Å². The SMILES string of the molecule is COc1cc(Oc2ncnc3cc(CO)c(CO)cc23)ccc1C.OCc1cc2ncnc(Cc3cccc4ccccc34)c2cc1CO.OCc1cc2ncnc(Oc3cccc4ccccc34)c2cc1CO. The Morgan fingerprint density at radius 3 is 1.41 bits per heavy atom. The summed E-state index contributed by atoms with van der Waals surface area (Å²) < 4.78 is 17.3. The van der Waals surface area contributed by atoms with Crippen molar-refractivity contribution in [2.75, 3.05) is 7.11 Å². The second-order valence-corrected chi connectivity index (χ2v) is 17.2. The van der Waals surface area contributed by atoms with Gasteiger partial charge in [-0.2, -0.15) is 0 Å². The summed E-state index contributed by atoms with van der Waals surface area (Å²) in [5, 5.41) is 63.7. The van der Waals surface area contributed by atoms with E-state index in [0.29, 0.717) is 84.9 Å². The molecule has 15 nitrogen and oxygen atoms in total. The molecule has 0 aliphatic rings. The van der Waals surface area contributed by atoms with Gasteiger partial charge in [0.15, 0.2) is 0 Å². The standard InChI is InChI=1S/C21H18N2O2.C20H16N2O3.C18H18N2O4/c24-11-16-8-19-20(22-13-23-21(19)10-17(16)12-25)9-15-6-3-5-14-4-1-2-7-18(14)15;23-10-14-8-17-18(9-15(14)11-24)21-12-22-20(17)25-19-7-3-5-13-4-1-2-6-16(13)19;1-11-3-4-14(7-17(11)23-2)24-18-15-5-12(8-21)13(9-22)6-16(15)19-10-20-18/h1-8,10,13,24-25H,9,11-12H2;1-9,12,23-24H,10-11H2;3-7,10,21-22H,8-9H2,1-2H3. The van der Waals surface area contributed by atoms with Gasteiger partial charge in [-0.1, -0.05) is 84.9 Å². The van der Waals surface area contributed by atoms with E-state index < -0.39 is 0 Å². The second-order valence-electron chi connectivity index (χ2n) is 17.2. The van der Waals surface area contributed by atoms with Crippen LogP contribution in [0.1, 0.15) is 50.2 Å². The molecule has 0 aliphatic heterocycles. The highest BCUT2D eigenvalue weighted by atomic mass is 16.5. The van der Waals surface area contributed by atoms with Gasteiger partial charge in [0, 0.05) is 23.3 Å². The minimum absolute atomic E-state index is 0.117. The van der Waals surface area contributed by atoms with E-state index in [2.05, 4.69) is 60.2 Å². The minimum Gasteiger partial charge on any atom is -0.496 e. The highest BCUT2D eigenvalue weighted by molar-refractivity contribution is 5.91. The Bertz CT molecular complexity index is 3600. The lowest BCUT2D eigenvalue weighted by Crippen LogP contribution is -2.00. The number of fused-ring (bicyclic) bond motifs is 5. The largest absolute Gasteiger partial charge is 0.496 e. The molecule has 6 N–H and O–H groups in total. The van der Waals surface area contributed by atoms with Crippen molar-refractivity contribution in [2.24, 2.45) is 0 Å². The average Bonchev–Trinajstić information content (AvgIpc) is 3.45. The van der Waals surface area contributed by atoms with E-state index in [9.17, 15) is 30.6 Å². The molecule has 0 saturated carbocycles. The van der Waals surface area contributed by atoms with Gasteiger partial charge in [0.2, 0.25) is 11.8 Å². The van der Waals surface area contributed by atoms with Gasteiger partial charge in [0.25, 0.3) is 0 Å². The number of hydrogen-bond acceptors (Lipinski definition) is 15. The highest BCUT2D eigenvalue weighted by Crippen LogP contribution is 2.35. The van der Waals surface area contributed by atoms with E-state index in [4.69, 9.17) is 14.2 Å². The smallest absolute Gasteiger partial charge is 0.230 e. The van der Waals surface area contributed by atoms with Crippen LogP contribution in [0.2, 0.25) is 0 Å². The van der Waals surface area contributed by atoms with Crippen molar-refractivity contribution in [1.82, 2.24) is 29.9 Å². The topological polar surface area (TPSA) is 226 Å². The first-order valence-corrected chi connectivity index (χ1v) is 23.6. The molecule has 0 fully saturated rings. The fraction of sp³-hybridized carbons (Fsp3) is 0.153. The van der Waals surface area contributed by atoms with Crippen molar-refractivity contribution in [3.05, 3.63) is 209 Å². The fourth-order valence-electron chi connectivity index (χ4n) is 8.76. The number of aryl methyl sites for hydroxylation is 1. The molecule has 0 unspecified atom stereocenters. The summed E-state index contributed by atoms with van der Waals surface area (Å²) >= 11 is 0.